The summed E-state index contributed by atoms with van der Waals surface area (Å²) in [6.07, 6.45) is -0.204. The van der Waals surface area contributed by atoms with Crippen LogP contribution < -0.4 is 0 Å². The molecule has 3 rings (SSSR count). The van der Waals surface area contributed by atoms with Gasteiger partial charge in [-0.05, 0) is 58.1 Å². The number of ether oxygens (including phenoxy) is 3. The Morgan fingerprint density at radius 2 is 1.76 bits per heavy atom. The first-order valence-corrected chi connectivity index (χ1v) is 12.5. The highest BCUT2D eigenvalue weighted by Crippen LogP contribution is 2.41. The maximum Gasteiger partial charge on any atom is 0.410 e. The number of likely N-dealkylation sites (tertiary alicyclic amines) is 1. The summed E-state index contributed by atoms with van der Waals surface area (Å²) in [4.78, 5) is 28.0. The zero-order valence-corrected chi connectivity index (χ0v) is 20.9. The molecular weight excluding hydrogens is 448 g/mol. The zero-order chi connectivity index (χ0) is 24.6. The van der Waals surface area contributed by atoms with Gasteiger partial charge in [-0.2, -0.15) is 0 Å². The summed E-state index contributed by atoms with van der Waals surface area (Å²) in [6.45, 7) is 7.42. The van der Waals surface area contributed by atoms with Crippen molar-refractivity contribution in [2.75, 3.05) is 27.3 Å². The average Bonchev–Trinajstić information content (AvgIpc) is 3.10. The molecule has 10 heteroatoms. The van der Waals surface area contributed by atoms with E-state index in [2.05, 4.69) is 0 Å². The summed E-state index contributed by atoms with van der Waals surface area (Å²) in [5.41, 5.74) is 0.164. The van der Waals surface area contributed by atoms with Crippen molar-refractivity contribution in [2.45, 2.75) is 63.4 Å². The predicted octanol–water partition coefficient (Wildman–Crippen LogP) is 2.78. The number of aryl methyl sites for hydroxylation is 1. The molecule has 0 bridgehead atoms. The Balaban J connectivity index is 1.93. The molecule has 9 nitrogen and oxygen atoms in total. The number of carbonyl (C=O) groups excluding carboxylic acids is 2. The number of hydrogen-bond acceptors (Lipinski definition) is 7. The van der Waals surface area contributed by atoms with E-state index in [-0.39, 0.29) is 29.8 Å². The number of rotatable bonds is 6. The molecule has 2 saturated heterocycles. The monoisotopic (exact) mass is 482 g/mol. The molecule has 1 aromatic carbocycles. The van der Waals surface area contributed by atoms with Crippen LogP contribution in [0.4, 0.5) is 4.79 Å². The third kappa shape index (κ3) is 5.33. The van der Waals surface area contributed by atoms with Crippen molar-refractivity contribution < 1.29 is 32.2 Å². The first kappa shape index (κ1) is 25.5. The molecule has 0 unspecified atom stereocenters. The van der Waals surface area contributed by atoms with Gasteiger partial charge in [-0.3, -0.25) is 9.69 Å². The second kappa shape index (κ2) is 9.60. The molecule has 0 N–H and O–H groups in total. The van der Waals surface area contributed by atoms with Gasteiger partial charge < -0.3 is 14.2 Å². The van der Waals surface area contributed by atoms with E-state index in [0.717, 1.165) is 9.87 Å². The van der Waals surface area contributed by atoms with Gasteiger partial charge in [0.2, 0.25) is 0 Å². The van der Waals surface area contributed by atoms with Crippen LogP contribution in [0, 0.1) is 18.8 Å². The molecule has 0 aromatic heterocycles. The smallest absolute Gasteiger partial charge is 0.410 e. The molecule has 0 spiro atoms. The summed E-state index contributed by atoms with van der Waals surface area (Å²) < 4.78 is 43.7. The van der Waals surface area contributed by atoms with Gasteiger partial charge in [0.15, 0.2) is 6.29 Å². The quantitative estimate of drug-likeness (QED) is 0.575. The van der Waals surface area contributed by atoms with Crippen molar-refractivity contribution in [3.8, 4) is 0 Å². The largest absolute Gasteiger partial charge is 0.444 e. The number of sulfonamides is 1. The van der Waals surface area contributed by atoms with E-state index < -0.39 is 40.0 Å². The maximum absolute atomic E-state index is 13.6. The molecule has 2 heterocycles. The fourth-order valence-electron chi connectivity index (χ4n) is 4.59. The Morgan fingerprint density at radius 1 is 1.15 bits per heavy atom. The second-order valence-corrected chi connectivity index (χ2v) is 11.5. The zero-order valence-electron chi connectivity index (χ0n) is 20.1. The maximum atomic E-state index is 13.6. The standard InChI is InChI=1S/C23H34N2O7S/c1-15-7-9-17(10-8-15)33(28,29)25-12-11-18-16(13-19(30-5)31-6)14-24(20(18)21(25)26)22(27)32-23(2,3)4/h7-10,16,18-20H,11-14H2,1-6H3/t16-,18-,20+/m1/s1. The van der Waals surface area contributed by atoms with Crippen molar-refractivity contribution in [1.82, 2.24) is 9.21 Å². The van der Waals surface area contributed by atoms with Gasteiger partial charge in [0.05, 0.1) is 4.90 Å². The van der Waals surface area contributed by atoms with Gasteiger partial charge in [0, 0.05) is 33.7 Å². The minimum absolute atomic E-state index is 0.0529. The number of nitrogens with zero attached hydrogens (tertiary/aromatic N) is 2. The van der Waals surface area contributed by atoms with Crippen molar-refractivity contribution in [1.29, 1.82) is 0 Å². The molecule has 33 heavy (non-hydrogen) atoms. The Bertz CT molecular complexity index is 968. The molecule has 2 aliphatic heterocycles. The van der Waals surface area contributed by atoms with Crippen LogP contribution in [0.1, 0.15) is 39.2 Å². The molecule has 3 atom stereocenters. The molecular formula is C23H34N2O7S. The van der Waals surface area contributed by atoms with Gasteiger partial charge in [0.1, 0.15) is 11.6 Å². The van der Waals surface area contributed by atoms with Crippen molar-refractivity contribution >= 4 is 22.0 Å². The number of amides is 2. The Hall–Kier alpha value is -2.17. The van der Waals surface area contributed by atoms with Gasteiger partial charge in [-0.15, -0.1) is 0 Å². The minimum atomic E-state index is -4.05. The Morgan fingerprint density at radius 3 is 2.30 bits per heavy atom. The van der Waals surface area contributed by atoms with Crippen LogP contribution >= 0.6 is 0 Å². The van der Waals surface area contributed by atoms with Crippen molar-refractivity contribution in [3.05, 3.63) is 29.8 Å². The van der Waals surface area contributed by atoms with E-state index in [1.165, 1.54) is 31.3 Å². The van der Waals surface area contributed by atoms with Crippen LogP contribution in [-0.2, 0) is 29.0 Å². The average molecular weight is 483 g/mol. The van der Waals surface area contributed by atoms with Crippen LogP contribution in [0.15, 0.2) is 29.2 Å². The van der Waals surface area contributed by atoms with Gasteiger partial charge in [0.25, 0.3) is 15.9 Å². The van der Waals surface area contributed by atoms with Crippen LogP contribution in [0.2, 0.25) is 0 Å². The Kier molecular flexibility index (Phi) is 7.40. The lowest BCUT2D eigenvalue weighted by atomic mass is 9.83. The van der Waals surface area contributed by atoms with Crippen LogP contribution in [0.25, 0.3) is 0 Å². The molecule has 2 aliphatic rings. The number of hydrogen-bond donors (Lipinski definition) is 0. The lowest BCUT2D eigenvalue weighted by Gasteiger charge is -2.38. The topological polar surface area (TPSA) is 102 Å². The molecule has 184 valence electrons. The lowest BCUT2D eigenvalue weighted by Crippen LogP contribution is -2.56. The summed E-state index contributed by atoms with van der Waals surface area (Å²) in [5, 5.41) is 0. The van der Waals surface area contributed by atoms with Crippen molar-refractivity contribution in [2.24, 2.45) is 11.8 Å². The highest BCUT2D eigenvalue weighted by atomic mass is 32.2. The summed E-state index contributed by atoms with van der Waals surface area (Å²) in [6, 6.07) is 5.45. The first-order valence-electron chi connectivity index (χ1n) is 11.1. The number of methoxy groups -OCH3 is 2. The Labute approximate surface area is 196 Å². The SMILES string of the molecule is COC(C[C@@H]1CN(C(=O)OC(C)(C)C)[C@@H]2C(=O)N(S(=O)(=O)c3ccc(C)cc3)CC[C@H]12)OC. The highest BCUT2D eigenvalue weighted by Gasteiger charge is 2.54. The molecule has 2 amide bonds. The van der Waals surface area contributed by atoms with E-state index in [0.29, 0.717) is 12.8 Å². The third-order valence-corrected chi connectivity index (χ3v) is 8.01. The van der Waals surface area contributed by atoms with E-state index in [1.54, 1.807) is 32.9 Å². The first-order chi connectivity index (χ1) is 15.4. The lowest BCUT2D eigenvalue weighted by molar-refractivity contribution is -0.136. The number of piperidine rings is 1. The number of carbonyl (C=O) groups is 2. The predicted molar refractivity (Wildman–Crippen MR) is 121 cm³/mol. The highest BCUT2D eigenvalue weighted by molar-refractivity contribution is 7.89. The fourth-order valence-corrected chi connectivity index (χ4v) is 6.02. The van der Waals surface area contributed by atoms with Crippen molar-refractivity contribution in [3.63, 3.8) is 0 Å². The molecule has 2 fully saturated rings. The second-order valence-electron chi connectivity index (χ2n) is 9.66. The van der Waals surface area contributed by atoms with Crippen LogP contribution in [0.5, 0.6) is 0 Å². The van der Waals surface area contributed by atoms with E-state index >= 15 is 0 Å². The number of benzene rings is 1. The van der Waals surface area contributed by atoms with E-state index in [9.17, 15) is 18.0 Å². The molecule has 0 radical (unpaired) electrons. The van der Waals surface area contributed by atoms with E-state index in [4.69, 9.17) is 14.2 Å². The normalized spacial score (nSPS) is 23.7. The van der Waals surface area contributed by atoms with Crippen LogP contribution in [-0.4, -0.2) is 74.9 Å². The van der Waals surface area contributed by atoms with Gasteiger partial charge in [-0.25, -0.2) is 17.5 Å². The van der Waals surface area contributed by atoms with E-state index in [1.807, 2.05) is 6.92 Å². The number of fused-ring (bicyclic) bond motifs is 1. The molecule has 1 aromatic rings. The minimum Gasteiger partial charge on any atom is -0.444 e. The molecule has 0 aliphatic carbocycles. The van der Waals surface area contributed by atoms with Gasteiger partial charge in [-0.1, -0.05) is 17.7 Å². The summed E-state index contributed by atoms with van der Waals surface area (Å²) in [7, 11) is -0.973. The van der Waals surface area contributed by atoms with Gasteiger partial charge >= 0.3 is 6.09 Å². The summed E-state index contributed by atoms with van der Waals surface area (Å²) in [5.74, 6) is -0.922. The fraction of sp³-hybridized carbons (Fsp3) is 0.652. The third-order valence-electron chi connectivity index (χ3n) is 6.20. The molecule has 0 saturated carbocycles. The van der Waals surface area contributed by atoms with Crippen LogP contribution in [0.3, 0.4) is 0 Å². The summed E-state index contributed by atoms with van der Waals surface area (Å²) >= 11 is 0.